The number of Topliss-reactive ketones (excluding diaryl/α,β-unsaturated/α-hetero) is 1. The number of rotatable bonds is 7. The van der Waals surface area contributed by atoms with Gasteiger partial charge in [0.15, 0.2) is 10.9 Å². The SMILES string of the molecule is CC(C)c1ccc(C(=O)CSc2nc3ccccc3c(=O)n2CC2CCCO2)cc1. The Morgan fingerprint density at radius 3 is 2.67 bits per heavy atom. The van der Waals surface area contributed by atoms with Crippen molar-refractivity contribution in [3.63, 3.8) is 0 Å². The molecular formula is C24H26N2O3S. The van der Waals surface area contributed by atoms with Crippen molar-refractivity contribution in [3.05, 3.63) is 70.0 Å². The molecule has 1 aromatic heterocycles. The first-order valence-electron chi connectivity index (χ1n) is 10.4. The lowest BCUT2D eigenvalue weighted by Gasteiger charge is -2.16. The fraction of sp³-hybridized carbons (Fsp3) is 0.375. The molecule has 1 unspecified atom stereocenters. The van der Waals surface area contributed by atoms with E-state index < -0.39 is 0 Å². The van der Waals surface area contributed by atoms with Crippen LogP contribution in [-0.2, 0) is 11.3 Å². The minimum Gasteiger partial charge on any atom is -0.376 e. The summed E-state index contributed by atoms with van der Waals surface area (Å²) in [6, 6.07) is 15.1. The van der Waals surface area contributed by atoms with Crippen LogP contribution in [0.2, 0.25) is 0 Å². The molecule has 30 heavy (non-hydrogen) atoms. The minimum atomic E-state index is -0.0765. The van der Waals surface area contributed by atoms with Gasteiger partial charge in [-0.05, 0) is 36.5 Å². The molecule has 156 valence electrons. The summed E-state index contributed by atoms with van der Waals surface area (Å²) in [5.41, 5.74) is 2.47. The predicted molar refractivity (Wildman–Crippen MR) is 121 cm³/mol. The zero-order valence-corrected chi connectivity index (χ0v) is 18.2. The van der Waals surface area contributed by atoms with E-state index in [9.17, 15) is 9.59 Å². The van der Waals surface area contributed by atoms with E-state index in [2.05, 4.69) is 13.8 Å². The lowest BCUT2D eigenvalue weighted by Crippen LogP contribution is -2.29. The second kappa shape index (κ2) is 9.14. The summed E-state index contributed by atoms with van der Waals surface area (Å²) < 4.78 is 7.42. The topological polar surface area (TPSA) is 61.2 Å². The lowest BCUT2D eigenvalue weighted by atomic mass is 10.0. The average Bonchev–Trinajstić information content (AvgIpc) is 3.27. The first kappa shape index (κ1) is 20.8. The van der Waals surface area contributed by atoms with E-state index in [0.717, 1.165) is 19.4 Å². The fourth-order valence-electron chi connectivity index (χ4n) is 3.68. The van der Waals surface area contributed by atoms with Crippen LogP contribution in [0.5, 0.6) is 0 Å². The molecule has 0 saturated carbocycles. The number of ketones is 1. The van der Waals surface area contributed by atoms with Crippen LogP contribution in [0.25, 0.3) is 10.9 Å². The Labute approximate surface area is 180 Å². The molecule has 1 saturated heterocycles. The Bertz CT molecular complexity index is 1100. The molecule has 3 aromatic rings. The Kier molecular flexibility index (Phi) is 6.35. The monoisotopic (exact) mass is 422 g/mol. The molecule has 2 heterocycles. The molecule has 4 rings (SSSR count). The van der Waals surface area contributed by atoms with Gasteiger partial charge in [-0.15, -0.1) is 0 Å². The maximum Gasteiger partial charge on any atom is 0.262 e. The van der Waals surface area contributed by atoms with Gasteiger partial charge in [-0.2, -0.15) is 0 Å². The number of carbonyl (C=O) groups is 1. The number of thioether (sulfide) groups is 1. The zero-order chi connectivity index (χ0) is 21.1. The molecule has 2 aromatic carbocycles. The number of benzene rings is 2. The Morgan fingerprint density at radius 2 is 1.97 bits per heavy atom. The van der Waals surface area contributed by atoms with Crippen molar-refractivity contribution < 1.29 is 9.53 Å². The van der Waals surface area contributed by atoms with Crippen LogP contribution in [0.3, 0.4) is 0 Å². The molecule has 0 radical (unpaired) electrons. The summed E-state index contributed by atoms with van der Waals surface area (Å²) in [7, 11) is 0. The Hall–Kier alpha value is -2.44. The summed E-state index contributed by atoms with van der Waals surface area (Å²) in [4.78, 5) is 30.6. The van der Waals surface area contributed by atoms with Crippen LogP contribution >= 0.6 is 11.8 Å². The van der Waals surface area contributed by atoms with Gasteiger partial charge in [0.1, 0.15) is 0 Å². The van der Waals surface area contributed by atoms with Gasteiger partial charge in [-0.1, -0.05) is 62.0 Å². The standard InChI is InChI=1S/C24H26N2O3S/c1-16(2)17-9-11-18(12-10-17)22(27)15-30-24-25-21-8-4-3-7-20(21)23(28)26(24)14-19-6-5-13-29-19/h3-4,7-12,16,19H,5-6,13-15H2,1-2H3. The van der Waals surface area contributed by atoms with E-state index >= 15 is 0 Å². The van der Waals surface area contributed by atoms with E-state index in [1.165, 1.54) is 17.3 Å². The second-order valence-electron chi connectivity index (χ2n) is 7.95. The third-order valence-electron chi connectivity index (χ3n) is 5.47. The van der Waals surface area contributed by atoms with Gasteiger partial charge in [0.05, 0.1) is 29.3 Å². The van der Waals surface area contributed by atoms with Crippen LogP contribution in [0, 0.1) is 0 Å². The number of hydrogen-bond acceptors (Lipinski definition) is 5. The highest BCUT2D eigenvalue weighted by Gasteiger charge is 2.21. The number of aromatic nitrogens is 2. The fourth-order valence-corrected chi connectivity index (χ4v) is 4.58. The number of fused-ring (bicyclic) bond motifs is 1. The van der Waals surface area contributed by atoms with Crippen LogP contribution in [-0.4, -0.2) is 33.8 Å². The average molecular weight is 423 g/mol. The van der Waals surface area contributed by atoms with Crippen LogP contribution in [0.4, 0.5) is 0 Å². The summed E-state index contributed by atoms with van der Waals surface area (Å²) in [6.45, 7) is 5.46. The molecule has 1 aliphatic rings. The van der Waals surface area contributed by atoms with E-state index in [1.807, 2.05) is 42.5 Å². The molecule has 1 aliphatic heterocycles. The minimum absolute atomic E-state index is 0.0179. The van der Waals surface area contributed by atoms with Crippen LogP contribution in [0.1, 0.15) is 48.5 Å². The van der Waals surface area contributed by atoms with E-state index in [1.54, 1.807) is 10.6 Å². The summed E-state index contributed by atoms with van der Waals surface area (Å²) in [5.74, 6) is 0.691. The number of para-hydroxylation sites is 1. The van der Waals surface area contributed by atoms with Crippen molar-refractivity contribution in [2.75, 3.05) is 12.4 Å². The van der Waals surface area contributed by atoms with Crippen LogP contribution < -0.4 is 5.56 Å². The van der Waals surface area contributed by atoms with Gasteiger partial charge in [-0.25, -0.2) is 4.98 Å². The van der Waals surface area contributed by atoms with Crippen molar-refractivity contribution in [1.29, 1.82) is 0 Å². The smallest absolute Gasteiger partial charge is 0.262 e. The normalized spacial score (nSPS) is 16.4. The number of ether oxygens (including phenoxy) is 1. The summed E-state index contributed by atoms with van der Waals surface area (Å²) in [5, 5.41) is 1.16. The molecule has 0 bridgehead atoms. The van der Waals surface area contributed by atoms with Gasteiger partial charge < -0.3 is 4.74 Å². The predicted octanol–water partition coefficient (Wildman–Crippen LogP) is 4.67. The van der Waals surface area contributed by atoms with Crippen molar-refractivity contribution in [1.82, 2.24) is 9.55 Å². The van der Waals surface area contributed by atoms with E-state index in [-0.39, 0.29) is 23.2 Å². The quantitative estimate of drug-likeness (QED) is 0.314. The van der Waals surface area contributed by atoms with Gasteiger partial charge in [0.2, 0.25) is 0 Å². The maximum atomic E-state index is 13.1. The number of hydrogen-bond donors (Lipinski definition) is 0. The summed E-state index contributed by atoms with van der Waals surface area (Å²) in [6.07, 6.45) is 1.96. The Morgan fingerprint density at radius 1 is 1.20 bits per heavy atom. The van der Waals surface area contributed by atoms with Crippen LogP contribution in [0.15, 0.2) is 58.5 Å². The van der Waals surface area contributed by atoms with Crippen molar-refractivity contribution in [2.45, 2.75) is 50.4 Å². The maximum absolute atomic E-state index is 13.1. The molecule has 0 spiro atoms. The highest BCUT2D eigenvalue weighted by molar-refractivity contribution is 7.99. The molecule has 0 aliphatic carbocycles. The molecule has 6 heteroatoms. The third-order valence-corrected chi connectivity index (χ3v) is 6.44. The number of nitrogens with zero attached hydrogens (tertiary/aromatic N) is 2. The van der Waals surface area contributed by atoms with E-state index in [0.29, 0.717) is 34.1 Å². The molecule has 5 nitrogen and oxygen atoms in total. The van der Waals surface area contributed by atoms with Gasteiger partial charge in [-0.3, -0.25) is 14.2 Å². The highest BCUT2D eigenvalue weighted by atomic mass is 32.2. The first-order chi connectivity index (χ1) is 14.5. The second-order valence-corrected chi connectivity index (χ2v) is 8.89. The zero-order valence-electron chi connectivity index (χ0n) is 17.3. The first-order valence-corrected chi connectivity index (χ1v) is 11.4. The van der Waals surface area contributed by atoms with Gasteiger partial charge >= 0.3 is 0 Å². The van der Waals surface area contributed by atoms with E-state index in [4.69, 9.17) is 9.72 Å². The highest BCUT2D eigenvalue weighted by Crippen LogP contribution is 2.22. The van der Waals surface area contributed by atoms with Gasteiger partial charge in [0, 0.05) is 12.2 Å². The third kappa shape index (κ3) is 4.50. The Balaban J connectivity index is 1.59. The van der Waals surface area contributed by atoms with Crippen molar-refractivity contribution >= 4 is 28.4 Å². The lowest BCUT2D eigenvalue weighted by molar-refractivity contribution is 0.0937. The largest absolute Gasteiger partial charge is 0.376 e. The molecule has 0 N–H and O–H groups in total. The number of carbonyl (C=O) groups excluding carboxylic acids is 1. The summed E-state index contributed by atoms with van der Waals surface area (Å²) >= 11 is 1.32. The molecule has 0 amide bonds. The van der Waals surface area contributed by atoms with Crippen molar-refractivity contribution in [3.8, 4) is 0 Å². The van der Waals surface area contributed by atoms with Crippen molar-refractivity contribution in [2.24, 2.45) is 0 Å². The van der Waals surface area contributed by atoms with Gasteiger partial charge in [0.25, 0.3) is 5.56 Å². The molecule has 1 fully saturated rings. The molecular weight excluding hydrogens is 396 g/mol. The molecule has 1 atom stereocenters.